The summed E-state index contributed by atoms with van der Waals surface area (Å²) in [6.07, 6.45) is 0. The Bertz CT molecular complexity index is 1310. The van der Waals surface area contributed by atoms with Crippen molar-refractivity contribution in [1.82, 2.24) is 0 Å². The summed E-state index contributed by atoms with van der Waals surface area (Å²) in [5.74, 6) is 0. The van der Waals surface area contributed by atoms with Crippen molar-refractivity contribution in [3.8, 4) is 11.1 Å². The van der Waals surface area contributed by atoms with Gasteiger partial charge in [0.2, 0.25) is 0 Å². The van der Waals surface area contributed by atoms with E-state index in [1.807, 2.05) is 18.2 Å². The van der Waals surface area contributed by atoms with E-state index >= 15 is 0 Å². The lowest BCUT2D eigenvalue weighted by molar-refractivity contribution is 1.50. The predicted molar refractivity (Wildman–Crippen MR) is 134 cm³/mol. The molecule has 0 bridgehead atoms. The van der Waals surface area contributed by atoms with Gasteiger partial charge in [-0.3, -0.25) is 0 Å². The SMILES string of the molecule is Cc1ccc(Nc2ccc(-c3ccc(Nc4ccccc4)cc3)cc2)c2ccccc12. The number of hydrogen-bond donors (Lipinski definition) is 2. The highest BCUT2D eigenvalue weighted by atomic mass is 14.9. The molecule has 0 aliphatic carbocycles. The highest BCUT2D eigenvalue weighted by Gasteiger charge is 2.04. The minimum atomic E-state index is 1.08. The molecule has 2 N–H and O–H groups in total. The molecule has 0 unspecified atom stereocenters. The molecule has 2 heteroatoms. The number of hydrogen-bond acceptors (Lipinski definition) is 2. The summed E-state index contributed by atoms with van der Waals surface area (Å²) >= 11 is 0. The van der Waals surface area contributed by atoms with Crippen molar-refractivity contribution < 1.29 is 0 Å². The van der Waals surface area contributed by atoms with Crippen LogP contribution in [0.15, 0.2) is 115 Å². The topological polar surface area (TPSA) is 24.1 Å². The Hall–Kier alpha value is -4.04. The molecule has 0 heterocycles. The van der Waals surface area contributed by atoms with Crippen LogP contribution < -0.4 is 10.6 Å². The molecule has 0 aliphatic rings. The Balaban J connectivity index is 1.33. The van der Waals surface area contributed by atoms with Crippen LogP contribution in [0.25, 0.3) is 21.9 Å². The zero-order valence-electron chi connectivity index (χ0n) is 17.5. The molecule has 0 aromatic heterocycles. The molecule has 5 aromatic rings. The van der Waals surface area contributed by atoms with Crippen molar-refractivity contribution in [3.05, 3.63) is 121 Å². The molecule has 31 heavy (non-hydrogen) atoms. The fourth-order valence-corrected chi connectivity index (χ4v) is 3.89. The monoisotopic (exact) mass is 400 g/mol. The van der Waals surface area contributed by atoms with E-state index < -0.39 is 0 Å². The van der Waals surface area contributed by atoms with Gasteiger partial charge in [0, 0.05) is 28.1 Å². The molecule has 5 aromatic carbocycles. The largest absolute Gasteiger partial charge is 0.356 e. The van der Waals surface area contributed by atoms with Crippen LogP contribution in [0.1, 0.15) is 5.56 Å². The zero-order chi connectivity index (χ0) is 21.0. The lowest BCUT2D eigenvalue weighted by atomic mass is 10.0. The maximum absolute atomic E-state index is 3.58. The van der Waals surface area contributed by atoms with Crippen LogP contribution in [0.3, 0.4) is 0 Å². The molecule has 0 fully saturated rings. The van der Waals surface area contributed by atoms with E-state index in [4.69, 9.17) is 0 Å². The second kappa shape index (κ2) is 8.37. The van der Waals surface area contributed by atoms with Crippen LogP contribution in [0.5, 0.6) is 0 Å². The third-order valence-corrected chi connectivity index (χ3v) is 5.59. The van der Waals surface area contributed by atoms with E-state index in [-0.39, 0.29) is 0 Å². The van der Waals surface area contributed by atoms with Crippen molar-refractivity contribution in [3.63, 3.8) is 0 Å². The summed E-state index contributed by atoms with van der Waals surface area (Å²) in [4.78, 5) is 0. The Morgan fingerprint density at radius 2 is 0.935 bits per heavy atom. The van der Waals surface area contributed by atoms with Gasteiger partial charge in [-0.25, -0.2) is 0 Å². The van der Waals surface area contributed by atoms with Crippen LogP contribution in [0, 0.1) is 6.92 Å². The average Bonchev–Trinajstić information content (AvgIpc) is 2.83. The minimum Gasteiger partial charge on any atom is -0.356 e. The summed E-state index contributed by atoms with van der Waals surface area (Å²) in [6, 6.07) is 40.2. The maximum Gasteiger partial charge on any atom is 0.0464 e. The summed E-state index contributed by atoms with van der Waals surface area (Å²) in [6.45, 7) is 2.15. The van der Waals surface area contributed by atoms with Crippen molar-refractivity contribution >= 4 is 33.5 Å². The van der Waals surface area contributed by atoms with E-state index in [0.29, 0.717) is 0 Å². The highest BCUT2D eigenvalue weighted by Crippen LogP contribution is 2.30. The van der Waals surface area contributed by atoms with Gasteiger partial charge in [-0.05, 0) is 71.5 Å². The summed E-state index contributed by atoms with van der Waals surface area (Å²) in [5.41, 5.74) is 8.08. The minimum absolute atomic E-state index is 1.08. The molecule has 150 valence electrons. The molecule has 0 radical (unpaired) electrons. The maximum atomic E-state index is 3.58. The van der Waals surface area contributed by atoms with Crippen molar-refractivity contribution in [1.29, 1.82) is 0 Å². The first kappa shape index (κ1) is 19.0. The number of fused-ring (bicyclic) bond motifs is 1. The molecule has 0 atom stereocenters. The standard InChI is InChI=1S/C29H24N2/c1-21-11-20-29(28-10-6-5-9-27(21)28)31-26-18-14-23(15-19-26)22-12-16-25(17-13-22)30-24-7-3-2-4-8-24/h2-20,30-31H,1H3. The number of para-hydroxylation sites is 1. The summed E-state index contributed by atoms with van der Waals surface area (Å²) < 4.78 is 0. The molecule has 0 spiro atoms. The second-order valence-electron chi connectivity index (χ2n) is 7.75. The van der Waals surface area contributed by atoms with E-state index in [2.05, 4.69) is 115 Å². The molecular formula is C29H24N2. The van der Waals surface area contributed by atoms with Gasteiger partial charge in [-0.15, -0.1) is 0 Å². The molecule has 5 rings (SSSR count). The van der Waals surface area contributed by atoms with Crippen molar-refractivity contribution in [2.24, 2.45) is 0 Å². The number of benzene rings is 5. The highest BCUT2D eigenvalue weighted by molar-refractivity contribution is 5.97. The van der Waals surface area contributed by atoms with Crippen LogP contribution in [0.4, 0.5) is 22.7 Å². The van der Waals surface area contributed by atoms with Crippen molar-refractivity contribution in [2.45, 2.75) is 6.92 Å². The van der Waals surface area contributed by atoms with Gasteiger partial charge in [0.05, 0.1) is 0 Å². The van der Waals surface area contributed by atoms with Gasteiger partial charge < -0.3 is 10.6 Å². The third kappa shape index (κ3) is 4.15. The lowest BCUT2D eigenvalue weighted by Crippen LogP contribution is -1.93. The first-order chi connectivity index (χ1) is 15.3. The van der Waals surface area contributed by atoms with Crippen LogP contribution in [0.2, 0.25) is 0 Å². The quantitative estimate of drug-likeness (QED) is 0.310. The first-order valence-electron chi connectivity index (χ1n) is 10.5. The Morgan fingerprint density at radius 3 is 1.58 bits per heavy atom. The fraction of sp³-hybridized carbons (Fsp3) is 0.0345. The van der Waals surface area contributed by atoms with Crippen LogP contribution >= 0.6 is 0 Å². The number of aryl methyl sites for hydroxylation is 1. The van der Waals surface area contributed by atoms with Gasteiger partial charge in [0.1, 0.15) is 0 Å². The average molecular weight is 401 g/mol. The van der Waals surface area contributed by atoms with Gasteiger partial charge in [0.15, 0.2) is 0 Å². The van der Waals surface area contributed by atoms with Crippen LogP contribution in [-0.2, 0) is 0 Å². The molecule has 0 saturated carbocycles. The summed E-state index contributed by atoms with van der Waals surface area (Å²) in [7, 11) is 0. The van der Waals surface area contributed by atoms with E-state index in [9.17, 15) is 0 Å². The van der Waals surface area contributed by atoms with Crippen LogP contribution in [-0.4, -0.2) is 0 Å². The lowest BCUT2D eigenvalue weighted by Gasteiger charge is -2.12. The summed E-state index contributed by atoms with van der Waals surface area (Å²) in [5, 5.41) is 9.54. The first-order valence-corrected chi connectivity index (χ1v) is 10.5. The van der Waals surface area contributed by atoms with Gasteiger partial charge in [0.25, 0.3) is 0 Å². The Kier molecular flexibility index (Phi) is 5.12. The number of nitrogens with one attached hydrogen (secondary N) is 2. The van der Waals surface area contributed by atoms with Gasteiger partial charge in [-0.1, -0.05) is 72.8 Å². The predicted octanol–water partition coefficient (Wildman–Crippen LogP) is 8.30. The smallest absolute Gasteiger partial charge is 0.0464 e. The zero-order valence-corrected chi connectivity index (χ0v) is 17.5. The fourth-order valence-electron chi connectivity index (χ4n) is 3.89. The van der Waals surface area contributed by atoms with Crippen molar-refractivity contribution in [2.75, 3.05) is 10.6 Å². The number of anilines is 4. The molecule has 0 saturated heterocycles. The van der Waals surface area contributed by atoms with E-state index in [0.717, 1.165) is 22.7 Å². The third-order valence-electron chi connectivity index (χ3n) is 5.59. The van der Waals surface area contributed by atoms with E-state index in [1.54, 1.807) is 0 Å². The molecule has 0 amide bonds. The van der Waals surface area contributed by atoms with Gasteiger partial charge >= 0.3 is 0 Å². The van der Waals surface area contributed by atoms with E-state index in [1.165, 1.54) is 27.5 Å². The molecule has 2 nitrogen and oxygen atoms in total. The Labute approximate surface area is 183 Å². The number of rotatable bonds is 5. The normalized spacial score (nSPS) is 10.7. The second-order valence-corrected chi connectivity index (χ2v) is 7.75. The van der Waals surface area contributed by atoms with Gasteiger partial charge in [-0.2, -0.15) is 0 Å². The molecule has 0 aliphatic heterocycles. The molecular weight excluding hydrogens is 376 g/mol. The Morgan fingerprint density at radius 1 is 0.419 bits per heavy atom.